The van der Waals surface area contributed by atoms with Crippen molar-refractivity contribution in [3.63, 3.8) is 0 Å². The first-order chi connectivity index (χ1) is 15.1. The van der Waals surface area contributed by atoms with E-state index in [1.165, 1.54) is 0 Å². The zero-order valence-electron chi connectivity index (χ0n) is 17.5. The average Bonchev–Trinajstić information content (AvgIpc) is 3.21. The summed E-state index contributed by atoms with van der Waals surface area (Å²) in [6, 6.07) is 3.26. The summed E-state index contributed by atoms with van der Waals surface area (Å²) in [6.45, 7) is -0.804. The predicted octanol–water partition coefficient (Wildman–Crippen LogP) is 0.840. The second-order valence-electron chi connectivity index (χ2n) is 7.74. The molecule has 0 bridgehead atoms. The topological polar surface area (TPSA) is 139 Å². The van der Waals surface area contributed by atoms with Crippen molar-refractivity contribution in [1.29, 1.82) is 0 Å². The highest BCUT2D eigenvalue weighted by atomic mass is 32.3. The number of sulfonamides is 2. The van der Waals surface area contributed by atoms with E-state index in [2.05, 4.69) is 10.4 Å². The third-order valence-electron chi connectivity index (χ3n) is 4.92. The Morgan fingerprint density at radius 3 is 2.30 bits per heavy atom. The van der Waals surface area contributed by atoms with Gasteiger partial charge in [-0.2, -0.15) is 18.3 Å². The van der Waals surface area contributed by atoms with Crippen LogP contribution in [0.4, 0.5) is 18.0 Å². The van der Waals surface area contributed by atoms with Crippen LogP contribution in [-0.4, -0.2) is 60.0 Å². The average molecular weight is 511 g/mol. The number of fused-ring (bicyclic) bond motifs is 1. The minimum absolute atomic E-state index is 0.00329. The number of benzene rings is 1. The number of rotatable bonds is 6. The second kappa shape index (κ2) is 8.61. The minimum atomic E-state index is -4.70. The molecule has 0 fully saturated rings. The molecule has 2 N–H and O–H groups in total. The highest BCUT2D eigenvalue weighted by Crippen LogP contribution is 2.31. The predicted molar refractivity (Wildman–Crippen MR) is 110 cm³/mol. The van der Waals surface area contributed by atoms with Crippen molar-refractivity contribution in [2.45, 2.75) is 38.2 Å². The zero-order chi connectivity index (χ0) is 24.8. The molecule has 1 aromatic carbocycles. The Labute approximate surface area is 188 Å². The van der Waals surface area contributed by atoms with Gasteiger partial charge >= 0.3 is 12.2 Å². The zero-order valence-corrected chi connectivity index (χ0v) is 19.1. The van der Waals surface area contributed by atoms with Gasteiger partial charge in [0.05, 0.1) is 25.7 Å². The van der Waals surface area contributed by atoms with Crippen LogP contribution in [0.3, 0.4) is 0 Å². The van der Waals surface area contributed by atoms with Gasteiger partial charge in [0.25, 0.3) is 0 Å². The van der Waals surface area contributed by atoms with E-state index in [-0.39, 0.29) is 22.2 Å². The summed E-state index contributed by atoms with van der Waals surface area (Å²) in [7, 11) is -8.72. The van der Waals surface area contributed by atoms with Gasteiger partial charge in [0, 0.05) is 17.8 Å². The maximum Gasteiger partial charge on any atom is 0.435 e. The molecule has 15 heteroatoms. The Bertz CT molecular complexity index is 1260. The molecule has 10 nitrogen and oxygen atoms in total. The number of hydrogen-bond donors (Lipinski definition) is 2. The summed E-state index contributed by atoms with van der Waals surface area (Å²) in [6.07, 6.45) is -1.79. The van der Waals surface area contributed by atoms with Gasteiger partial charge in [-0.15, -0.1) is 3.71 Å². The Hall–Kier alpha value is -2.65. The van der Waals surface area contributed by atoms with E-state index in [0.717, 1.165) is 22.0 Å². The number of amides is 2. The van der Waals surface area contributed by atoms with Gasteiger partial charge in [-0.3, -0.25) is 4.68 Å². The van der Waals surface area contributed by atoms with E-state index in [1.807, 2.05) is 0 Å². The van der Waals surface area contributed by atoms with E-state index in [0.29, 0.717) is 24.5 Å². The van der Waals surface area contributed by atoms with Crippen molar-refractivity contribution in [2.75, 3.05) is 12.5 Å². The van der Waals surface area contributed by atoms with Crippen molar-refractivity contribution in [2.24, 2.45) is 0 Å². The van der Waals surface area contributed by atoms with Crippen LogP contribution < -0.4 is 5.32 Å². The first-order valence-electron chi connectivity index (χ1n) is 9.45. The molecule has 0 radical (unpaired) electrons. The summed E-state index contributed by atoms with van der Waals surface area (Å²) in [5.41, 5.74) is 0.716. The monoisotopic (exact) mass is 510 g/mol. The SMILES string of the molecule is CS(=O)(=O)N(C(=O)NC1Cc2ccc(Cn3cc(CO)c(C(F)(F)F)n3)cc2C1)S(C)(=O)=O. The molecule has 1 unspecified atom stereocenters. The number of aliphatic hydroxyl groups is 1. The summed E-state index contributed by atoms with van der Waals surface area (Å²) in [5, 5.41) is 15.1. The summed E-state index contributed by atoms with van der Waals surface area (Å²) < 4.78 is 86.8. The molecule has 1 atom stereocenters. The molecular formula is C18H21F3N4O6S2. The minimum Gasteiger partial charge on any atom is -0.392 e. The van der Waals surface area contributed by atoms with Crippen molar-refractivity contribution < 1.29 is 39.9 Å². The fourth-order valence-electron chi connectivity index (χ4n) is 3.73. The van der Waals surface area contributed by atoms with Crippen molar-refractivity contribution in [3.05, 3.63) is 52.3 Å². The first kappa shape index (κ1) is 25.0. The quantitative estimate of drug-likeness (QED) is 0.587. The molecule has 2 amide bonds. The number of nitrogens with zero attached hydrogens (tertiary/aromatic N) is 3. The maximum atomic E-state index is 13.0. The molecule has 0 saturated carbocycles. The van der Waals surface area contributed by atoms with Crippen LogP contribution in [0.2, 0.25) is 0 Å². The van der Waals surface area contributed by atoms with E-state index in [9.17, 15) is 34.8 Å². The van der Waals surface area contributed by atoms with Crippen LogP contribution in [0.15, 0.2) is 24.4 Å². The van der Waals surface area contributed by atoms with Crippen LogP contribution in [0.5, 0.6) is 0 Å². The lowest BCUT2D eigenvalue weighted by Crippen LogP contribution is -2.49. The number of hydrogen-bond acceptors (Lipinski definition) is 7. The molecular weight excluding hydrogens is 489 g/mol. The normalized spacial score (nSPS) is 16.5. The standard InChI is InChI=1S/C18H21F3N4O6S2/c1-32(28,29)25(33(2,30)31)17(27)22-15-6-12-4-3-11(5-13(12)7-15)8-24-9-14(10-26)16(23-24)18(19,20)21/h3-5,9,15,26H,6-8,10H2,1-2H3,(H,22,27). The largest absolute Gasteiger partial charge is 0.435 e. The molecule has 0 spiro atoms. The van der Waals surface area contributed by atoms with Crippen LogP contribution in [0.25, 0.3) is 0 Å². The van der Waals surface area contributed by atoms with E-state index >= 15 is 0 Å². The number of carbonyl (C=O) groups is 1. The number of alkyl halides is 3. The van der Waals surface area contributed by atoms with E-state index in [1.54, 1.807) is 18.2 Å². The second-order valence-corrected chi connectivity index (χ2v) is 11.6. The number of urea groups is 1. The van der Waals surface area contributed by atoms with E-state index in [4.69, 9.17) is 5.11 Å². The van der Waals surface area contributed by atoms with E-state index < -0.39 is 50.6 Å². The summed E-state index contributed by atoms with van der Waals surface area (Å²) in [5.74, 6) is 0. The molecule has 1 heterocycles. The van der Waals surface area contributed by atoms with Gasteiger partial charge in [0.2, 0.25) is 20.0 Å². The maximum absolute atomic E-state index is 13.0. The lowest BCUT2D eigenvalue weighted by Gasteiger charge is -2.20. The van der Waals surface area contributed by atoms with Crippen molar-refractivity contribution in [1.82, 2.24) is 18.8 Å². The number of nitrogens with one attached hydrogen (secondary N) is 1. The van der Waals surface area contributed by atoms with Gasteiger partial charge in [0.1, 0.15) is 0 Å². The van der Waals surface area contributed by atoms with Gasteiger partial charge in [-0.05, 0) is 29.5 Å². The van der Waals surface area contributed by atoms with Gasteiger partial charge in [-0.1, -0.05) is 18.2 Å². The summed E-state index contributed by atoms with van der Waals surface area (Å²) >= 11 is 0. The molecule has 1 aliphatic carbocycles. The number of halogens is 3. The Kier molecular flexibility index (Phi) is 6.52. The Morgan fingerprint density at radius 1 is 1.18 bits per heavy atom. The summed E-state index contributed by atoms with van der Waals surface area (Å²) in [4.78, 5) is 12.3. The van der Waals surface area contributed by atoms with Crippen LogP contribution in [0, 0.1) is 0 Å². The highest BCUT2D eigenvalue weighted by Gasteiger charge is 2.37. The Morgan fingerprint density at radius 2 is 1.79 bits per heavy atom. The molecule has 33 heavy (non-hydrogen) atoms. The molecule has 1 aliphatic rings. The molecule has 2 aromatic rings. The fraction of sp³-hybridized carbons (Fsp3) is 0.444. The van der Waals surface area contributed by atoms with Crippen molar-refractivity contribution in [3.8, 4) is 0 Å². The highest BCUT2D eigenvalue weighted by molar-refractivity contribution is 8.04. The molecule has 182 valence electrons. The number of aromatic nitrogens is 2. The number of aliphatic hydroxyl groups excluding tert-OH is 1. The van der Waals surface area contributed by atoms with Crippen LogP contribution in [0.1, 0.15) is 27.9 Å². The molecule has 1 aromatic heterocycles. The fourth-order valence-corrected chi connectivity index (χ4v) is 6.41. The Balaban J connectivity index is 1.74. The molecule has 3 rings (SSSR count). The third kappa shape index (κ3) is 5.65. The van der Waals surface area contributed by atoms with Crippen LogP contribution in [-0.2, 0) is 52.2 Å². The number of carbonyl (C=O) groups excluding carboxylic acids is 1. The van der Waals surface area contributed by atoms with Crippen LogP contribution >= 0.6 is 0 Å². The van der Waals surface area contributed by atoms with Gasteiger partial charge < -0.3 is 10.4 Å². The smallest absolute Gasteiger partial charge is 0.392 e. The molecule has 0 aliphatic heterocycles. The molecule has 0 saturated heterocycles. The van der Waals surface area contributed by atoms with Gasteiger partial charge in [0.15, 0.2) is 5.69 Å². The lowest BCUT2D eigenvalue weighted by molar-refractivity contribution is -0.142. The van der Waals surface area contributed by atoms with Gasteiger partial charge in [-0.25, -0.2) is 21.6 Å². The first-order valence-corrected chi connectivity index (χ1v) is 13.1. The third-order valence-corrected chi connectivity index (χ3v) is 8.08. The lowest BCUT2D eigenvalue weighted by atomic mass is 10.1. The van der Waals surface area contributed by atoms with Crippen molar-refractivity contribution >= 4 is 26.1 Å².